The monoisotopic (exact) mass is 621 g/mol. The Morgan fingerprint density at radius 3 is 1.96 bits per heavy atom. The predicted octanol–water partition coefficient (Wildman–Crippen LogP) is 5.93. The minimum absolute atomic E-state index is 0.0523. The maximum absolute atomic E-state index is 13.2. The second kappa shape index (κ2) is 16.2. The van der Waals surface area contributed by atoms with Crippen LogP contribution in [0.5, 0.6) is 0 Å². The van der Waals surface area contributed by atoms with Crippen molar-refractivity contribution in [2.45, 2.75) is 37.6 Å². The summed E-state index contributed by atoms with van der Waals surface area (Å²) in [6.45, 7) is 3.17. The van der Waals surface area contributed by atoms with Crippen LogP contribution in [0.2, 0.25) is 0 Å². The van der Waals surface area contributed by atoms with Crippen molar-refractivity contribution in [2.75, 3.05) is 40.5 Å². The molecule has 1 aliphatic carbocycles. The van der Waals surface area contributed by atoms with Crippen molar-refractivity contribution in [1.82, 2.24) is 15.5 Å². The molecule has 8 nitrogen and oxygen atoms in total. The van der Waals surface area contributed by atoms with Crippen LogP contribution >= 0.6 is 0 Å². The Balaban J connectivity index is 1.21. The van der Waals surface area contributed by atoms with Gasteiger partial charge in [0.1, 0.15) is 13.2 Å². The summed E-state index contributed by atoms with van der Waals surface area (Å²) in [4.78, 5) is 28.2. The Bertz CT molecular complexity index is 1520. The summed E-state index contributed by atoms with van der Waals surface area (Å²) in [5, 5.41) is 5.75. The van der Waals surface area contributed by atoms with Crippen LogP contribution in [-0.4, -0.2) is 69.7 Å². The minimum atomic E-state index is -0.628. The van der Waals surface area contributed by atoms with Gasteiger partial charge in [0.05, 0.1) is 12.6 Å². The number of amides is 2. The molecule has 0 radical (unpaired) electrons. The van der Waals surface area contributed by atoms with Crippen LogP contribution in [0.25, 0.3) is 11.1 Å². The second-order valence-corrected chi connectivity index (χ2v) is 11.5. The molecule has 0 saturated carbocycles. The van der Waals surface area contributed by atoms with Crippen molar-refractivity contribution < 1.29 is 23.8 Å². The molecule has 4 aromatic rings. The number of rotatable bonds is 15. The van der Waals surface area contributed by atoms with Crippen LogP contribution in [0, 0.1) is 0 Å². The molecule has 2 atom stereocenters. The lowest BCUT2D eigenvalue weighted by molar-refractivity contribution is -0.125. The molecule has 5 rings (SSSR count). The van der Waals surface area contributed by atoms with Crippen LogP contribution < -0.4 is 10.6 Å². The van der Waals surface area contributed by atoms with E-state index in [0.29, 0.717) is 13.1 Å². The first-order chi connectivity index (χ1) is 22.5. The topological polar surface area (TPSA) is 89.1 Å². The van der Waals surface area contributed by atoms with Gasteiger partial charge in [-0.1, -0.05) is 109 Å². The van der Waals surface area contributed by atoms with Crippen molar-refractivity contribution in [3.05, 3.63) is 131 Å². The summed E-state index contributed by atoms with van der Waals surface area (Å²) in [6, 6.07) is 36.3. The lowest BCUT2D eigenvalue weighted by Crippen LogP contribution is -2.49. The first-order valence-electron chi connectivity index (χ1n) is 15.7. The predicted molar refractivity (Wildman–Crippen MR) is 179 cm³/mol. The number of benzene rings is 4. The molecule has 0 aromatic heterocycles. The van der Waals surface area contributed by atoms with E-state index in [-0.39, 0.29) is 37.1 Å². The normalized spacial score (nSPS) is 13.6. The largest absolute Gasteiger partial charge is 0.449 e. The molecule has 4 aromatic carbocycles. The standard InChI is InChI=1S/C38H43N3O5/c1-27(37(29-16-8-5-9-17-29)41(25-36(44-2)45-3)23-22-28-14-6-4-7-15-28)40-35(42)24-39-38(43)46-26-34-32-20-12-10-18-30(32)31-19-11-13-21-33(31)34/h4-21,27,34,36-37H,22-26H2,1-3H3,(H,39,43)(H,40,42). The molecule has 0 bridgehead atoms. The molecule has 46 heavy (non-hydrogen) atoms. The molecule has 8 heteroatoms. The van der Waals surface area contributed by atoms with E-state index in [0.717, 1.165) is 34.2 Å². The van der Waals surface area contributed by atoms with Gasteiger partial charge in [0.25, 0.3) is 0 Å². The van der Waals surface area contributed by atoms with E-state index in [2.05, 4.69) is 64.1 Å². The molecule has 2 unspecified atom stereocenters. The van der Waals surface area contributed by atoms with Gasteiger partial charge in [-0.3, -0.25) is 9.69 Å². The third-order valence-corrected chi connectivity index (χ3v) is 8.57. The molecule has 0 aliphatic heterocycles. The van der Waals surface area contributed by atoms with E-state index in [1.165, 1.54) is 5.56 Å². The smallest absolute Gasteiger partial charge is 0.407 e. The highest BCUT2D eigenvalue weighted by molar-refractivity contribution is 5.82. The fourth-order valence-corrected chi connectivity index (χ4v) is 6.35. The Morgan fingerprint density at radius 2 is 1.35 bits per heavy atom. The zero-order valence-electron chi connectivity index (χ0n) is 26.7. The molecule has 1 aliphatic rings. The summed E-state index contributed by atoms with van der Waals surface area (Å²) < 4.78 is 16.8. The lowest BCUT2D eigenvalue weighted by Gasteiger charge is -2.38. The Labute approximate surface area is 271 Å². The van der Waals surface area contributed by atoms with Crippen molar-refractivity contribution in [1.29, 1.82) is 0 Å². The number of ether oxygens (including phenoxy) is 3. The van der Waals surface area contributed by atoms with Crippen LogP contribution in [-0.2, 0) is 25.4 Å². The third-order valence-electron chi connectivity index (χ3n) is 8.57. The van der Waals surface area contributed by atoms with Crippen molar-refractivity contribution in [3.8, 4) is 11.1 Å². The molecule has 2 amide bonds. The van der Waals surface area contributed by atoms with Crippen LogP contribution in [0.3, 0.4) is 0 Å². The SMILES string of the molecule is COC(CN(CCc1ccccc1)C(c1ccccc1)C(C)NC(=O)CNC(=O)OCC1c2ccccc2-c2ccccc21)OC. The summed E-state index contributed by atoms with van der Waals surface area (Å²) in [5.74, 6) is -0.358. The fourth-order valence-electron chi connectivity index (χ4n) is 6.35. The maximum atomic E-state index is 13.2. The van der Waals surface area contributed by atoms with Crippen LogP contribution in [0.4, 0.5) is 4.79 Å². The molecule has 0 saturated heterocycles. The maximum Gasteiger partial charge on any atom is 0.407 e. The van der Waals surface area contributed by atoms with Gasteiger partial charge in [-0.15, -0.1) is 0 Å². The second-order valence-electron chi connectivity index (χ2n) is 11.5. The number of hydrogen-bond acceptors (Lipinski definition) is 6. The summed E-state index contributed by atoms with van der Waals surface area (Å²) in [6.07, 6.45) is -0.258. The van der Waals surface area contributed by atoms with Gasteiger partial charge in [0.2, 0.25) is 5.91 Å². The number of nitrogens with one attached hydrogen (secondary N) is 2. The van der Waals surface area contributed by atoms with Crippen molar-refractivity contribution >= 4 is 12.0 Å². The molecule has 0 spiro atoms. The summed E-state index contributed by atoms with van der Waals surface area (Å²) in [7, 11) is 3.25. The highest BCUT2D eigenvalue weighted by Gasteiger charge is 2.31. The van der Waals surface area contributed by atoms with E-state index in [1.807, 2.05) is 67.6 Å². The van der Waals surface area contributed by atoms with E-state index >= 15 is 0 Å². The number of fused-ring (bicyclic) bond motifs is 3. The van der Waals surface area contributed by atoms with Crippen LogP contribution in [0.1, 0.15) is 41.1 Å². The Morgan fingerprint density at radius 1 is 0.783 bits per heavy atom. The lowest BCUT2D eigenvalue weighted by atomic mass is 9.97. The first kappa shape index (κ1) is 32.9. The first-order valence-corrected chi connectivity index (χ1v) is 15.7. The van der Waals surface area contributed by atoms with E-state index in [4.69, 9.17) is 14.2 Å². The number of carbonyl (C=O) groups excluding carboxylic acids is 2. The van der Waals surface area contributed by atoms with Crippen LogP contribution in [0.15, 0.2) is 109 Å². The molecular weight excluding hydrogens is 578 g/mol. The van der Waals surface area contributed by atoms with Crippen molar-refractivity contribution in [2.24, 2.45) is 0 Å². The molecular formula is C38H43N3O5. The number of methoxy groups -OCH3 is 2. The van der Waals surface area contributed by atoms with Gasteiger partial charge < -0.3 is 24.8 Å². The average molecular weight is 622 g/mol. The average Bonchev–Trinajstić information content (AvgIpc) is 3.41. The number of hydrogen-bond donors (Lipinski definition) is 2. The van der Waals surface area contributed by atoms with E-state index in [9.17, 15) is 9.59 Å². The summed E-state index contributed by atoms with van der Waals surface area (Å²) >= 11 is 0. The quantitative estimate of drug-likeness (QED) is 0.160. The van der Waals surface area contributed by atoms with Gasteiger partial charge in [-0.05, 0) is 46.7 Å². The Hall–Kier alpha value is -4.50. The number of carbonyl (C=O) groups is 2. The van der Waals surface area contributed by atoms with Gasteiger partial charge in [-0.25, -0.2) is 4.79 Å². The van der Waals surface area contributed by atoms with Gasteiger partial charge in [0, 0.05) is 32.7 Å². The molecule has 0 heterocycles. The minimum Gasteiger partial charge on any atom is -0.449 e. The van der Waals surface area contributed by atoms with E-state index in [1.54, 1.807) is 14.2 Å². The van der Waals surface area contributed by atoms with E-state index < -0.39 is 12.4 Å². The number of alkyl carbamates (subject to hydrolysis) is 1. The van der Waals surface area contributed by atoms with Gasteiger partial charge in [-0.2, -0.15) is 0 Å². The highest BCUT2D eigenvalue weighted by atomic mass is 16.7. The van der Waals surface area contributed by atoms with Crippen molar-refractivity contribution in [3.63, 3.8) is 0 Å². The molecule has 240 valence electrons. The zero-order chi connectivity index (χ0) is 32.3. The van der Waals surface area contributed by atoms with Gasteiger partial charge in [0.15, 0.2) is 6.29 Å². The zero-order valence-corrected chi connectivity index (χ0v) is 26.7. The molecule has 2 N–H and O–H groups in total. The number of nitrogens with zero attached hydrogens (tertiary/aromatic N) is 1. The Kier molecular flexibility index (Phi) is 11.6. The summed E-state index contributed by atoms with van der Waals surface area (Å²) in [5.41, 5.74) is 6.86. The highest BCUT2D eigenvalue weighted by Crippen LogP contribution is 2.44. The van der Waals surface area contributed by atoms with Gasteiger partial charge >= 0.3 is 6.09 Å². The fraction of sp³-hybridized carbons (Fsp3) is 0.316. The third kappa shape index (κ3) is 8.20. The molecule has 0 fully saturated rings.